The van der Waals surface area contributed by atoms with Gasteiger partial charge in [-0.05, 0) is 0 Å². The van der Waals surface area contributed by atoms with E-state index in [0.29, 0.717) is 0 Å². The van der Waals surface area contributed by atoms with Gasteiger partial charge in [0.05, 0.1) is 0 Å². The number of hydrogen-bond donors (Lipinski definition) is 1. The van der Waals surface area contributed by atoms with Gasteiger partial charge in [0.15, 0.2) is 0 Å². The van der Waals surface area contributed by atoms with E-state index >= 15 is 0 Å². The van der Waals surface area contributed by atoms with Crippen molar-refractivity contribution in [1.29, 1.82) is 0 Å². The van der Waals surface area contributed by atoms with Crippen LogP contribution in [0.4, 0.5) is 5.69 Å². The van der Waals surface area contributed by atoms with Gasteiger partial charge in [-0.15, -0.1) is 0 Å². The molecule has 0 atom stereocenters. The second-order valence-corrected chi connectivity index (χ2v) is 8.71. The third kappa shape index (κ3) is 2.52. The molecule has 0 amide bonds. The van der Waals surface area contributed by atoms with E-state index < -0.39 is 0 Å². The van der Waals surface area contributed by atoms with Crippen LogP contribution >= 0.6 is 9.80 Å². The van der Waals surface area contributed by atoms with E-state index in [9.17, 15) is 0 Å². The molecule has 1 aliphatic rings. The van der Waals surface area contributed by atoms with Gasteiger partial charge < -0.3 is 0 Å². The zero-order chi connectivity index (χ0) is 16.7. The van der Waals surface area contributed by atoms with Gasteiger partial charge in [0.25, 0.3) is 0 Å². The Kier molecular flexibility index (Phi) is 4.26. The second-order valence-electron chi connectivity index (χ2n) is 6.10. The molecule has 24 heavy (non-hydrogen) atoms. The zero-order valence-electron chi connectivity index (χ0n) is 13.5. The molecule has 0 radical (unpaired) electrons. The number of para-hydroxylation sites is 1. The van der Waals surface area contributed by atoms with Crippen LogP contribution in [-0.4, -0.2) is 15.0 Å². The summed E-state index contributed by atoms with van der Waals surface area (Å²) in [6.45, 7) is 5.16. The molecule has 6 heteroatoms. The topological polar surface area (TPSA) is 34.0 Å². The molecule has 0 saturated carbocycles. The zero-order valence-corrected chi connectivity index (χ0v) is 16.6. The molecule has 0 N–H and O–H groups in total. The summed E-state index contributed by atoms with van der Waals surface area (Å²) in [5, 5.41) is 9.03. The van der Waals surface area contributed by atoms with Gasteiger partial charge in [0.1, 0.15) is 0 Å². The average Bonchev–Trinajstić information content (AvgIpc) is 3.03. The Morgan fingerprint density at radius 1 is 1.04 bits per heavy atom. The molecule has 0 fully saturated rings. The van der Waals surface area contributed by atoms with Gasteiger partial charge >= 0.3 is 157 Å². The fourth-order valence-electron chi connectivity index (χ4n) is 3.16. The SMILES string of the molecule is CC(C)n1nnc2c1-c1ccccc1CN([I-]S)c1ccccc1-2. The van der Waals surface area contributed by atoms with Crippen LogP contribution in [0.3, 0.4) is 0 Å². The first-order valence-electron chi connectivity index (χ1n) is 7.90. The number of anilines is 1. The maximum atomic E-state index is 4.67. The van der Waals surface area contributed by atoms with Crippen molar-refractivity contribution in [3.8, 4) is 22.5 Å². The molecule has 0 unspecified atom stereocenters. The standard InChI is InChI=1S/C18H18IN4S/c1-12(2)23-18-14-8-4-3-7-13(14)11-22(19-24)16-10-6-5-9-15(16)17(18)20-21-23/h3-10,12,24H,11H2,1-2H3/q-1. The molecule has 1 aromatic heterocycles. The number of benzene rings is 2. The Morgan fingerprint density at radius 2 is 1.75 bits per heavy atom. The molecule has 0 aliphatic carbocycles. The number of halogens is 1. The van der Waals surface area contributed by atoms with Gasteiger partial charge in [-0.1, -0.05) is 0 Å². The summed E-state index contributed by atoms with van der Waals surface area (Å²) >= 11 is -0.382. The molecule has 124 valence electrons. The van der Waals surface area contributed by atoms with E-state index in [1.165, 1.54) is 16.8 Å². The Hall–Kier alpha value is -1.54. The molecule has 3 aromatic rings. The van der Waals surface area contributed by atoms with E-state index in [2.05, 4.69) is 85.6 Å². The number of nitrogens with zero attached hydrogens (tertiary/aromatic N) is 4. The van der Waals surface area contributed by atoms with Crippen molar-refractivity contribution in [2.45, 2.75) is 26.4 Å². The normalized spacial score (nSPS) is 13.2. The molecular weight excluding hydrogens is 431 g/mol. The van der Waals surface area contributed by atoms with Crippen molar-refractivity contribution in [1.82, 2.24) is 15.0 Å². The van der Waals surface area contributed by atoms with E-state index in [4.69, 9.17) is 0 Å². The van der Waals surface area contributed by atoms with Crippen molar-refractivity contribution in [2.75, 3.05) is 3.11 Å². The van der Waals surface area contributed by atoms with Crippen LogP contribution in [0.5, 0.6) is 0 Å². The van der Waals surface area contributed by atoms with Crippen molar-refractivity contribution in [3.63, 3.8) is 0 Å². The number of rotatable bonds is 2. The predicted molar refractivity (Wildman–Crippen MR) is 96.4 cm³/mol. The summed E-state index contributed by atoms with van der Waals surface area (Å²) < 4.78 is 4.42. The summed E-state index contributed by atoms with van der Waals surface area (Å²) in [6, 6.07) is 17.3. The molecule has 0 spiro atoms. The summed E-state index contributed by atoms with van der Waals surface area (Å²) in [6.07, 6.45) is 0. The molecule has 4 rings (SSSR count). The van der Waals surface area contributed by atoms with E-state index in [1.54, 1.807) is 0 Å². The summed E-state index contributed by atoms with van der Waals surface area (Å²) in [5.41, 5.74) is 6.93. The Labute approximate surface area is 156 Å². The number of fused-ring (bicyclic) bond motifs is 5. The number of thiol groups is 1. The fraction of sp³-hybridized carbons (Fsp3) is 0.222. The van der Waals surface area contributed by atoms with E-state index in [1.807, 2.05) is 4.68 Å². The quantitative estimate of drug-likeness (QED) is 0.365. The molecular formula is C18H18IN4S-. The van der Waals surface area contributed by atoms with Crippen LogP contribution in [0.15, 0.2) is 48.5 Å². The molecule has 2 aromatic carbocycles. The van der Waals surface area contributed by atoms with Gasteiger partial charge in [-0.3, -0.25) is 0 Å². The Balaban J connectivity index is 2.09. The first kappa shape index (κ1) is 16.0. The molecule has 4 nitrogen and oxygen atoms in total. The third-order valence-corrected chi connectivity index (χ3v) is 6.88. The van der Waals surface area contributed by atoms with Gasteiger partial charge in [-0.2, -0.15) is 0 Å². The van der Waals surface area contributed by atoms with Crippen LogP contribution in [0.25, 0.3) is 22.5 Å². The Bertz CT molecular complexity index is 890. The molecule has 1 aliphatic heterocycles. The van der Waals surface area contributed by atoms with Crippen LogP contribution in [0.2, 0.25) is 0 Å². The van der Waals surface area contributed by atoms with Crippen LogP contribution in [0, 0.1) is 0 Å². The summed E-state index contributed by atoms with van der Waals surface area (Å²) in [5.74, 6) is 0. The van der Waals surface area contributed by atoms with Crippen LogP contribution in [-0.2, 0) is 6.54 Å². The monoisotopic (exact) mass is 449 g/mol. The molecule has 2 heterocycles. The Morgan fingerprint density at radius 3 is 2.50 bits per heavy atom. The van der Waals surface area contributed by atoms with Gasteiger partial charge in [0, 0.05) is 0 Å². The van der Waals surface area contributed by atoms with Crippen molar-refractivity contribution in [3.05, 3.63) is 54.1 Å². The summed E-state index contributed by atoms with van der Waals surface area (Å²) in [4.78, 5) is 0. The minimum absolute atomic E-state index is 0.259. The number of aromatic nitrogens is 3. The van der Waals surface area contributed by atoms with E-state index in [0.717, 1.165) is 23.5 Å². The maximum absolute atomic E-state index is 4.67. The van der Waals surface area contributed by atoms with Crippen molar-refractivity contribution >= 4 is 15.5 Å². The van der Waals surface area contributed by atoms with Gasteiger partial charge in [-0.25, -0.2) is 0 Å². The molecule has 0 saturated heterocycles. The van der Waals surface area contributed by atoms with Crippen molar-refractivity contribution < 1.29 is 20.1 Å². The van der Waals surface area contributed by atoms with Crippen molar-refractivity contribution in [2.24, 2.45) is 0 Å². The second kappa shape index (κ2) is 6.40. The fourth-order valence-corrected chi connectivity index (χ4v) is 5.24. The van der Waals surface area contributed by atoms with E-state index in [-0.39, 0.29) is 26.1 Å². The summed E-state index contributed by atoms with van der Waals surface area (Å²) in [7, 11) is 4.67. The molecule has 0 bridgehead atoms. The predicted octanol–water partition coefficient (Wildman–Crippen LogP) is 1.36. The third-order valence-electron chi connectivity index (χ3n) is 4.28. The minimum atomic E-state index is -0.382. The van der Waals surface area contributed by atoms with Crippen LogP contribution in [0.1, 0.15) is 25.5 Å². The van der Waals surface area contributed by atoms with Gasteiger partial charge in [0.2, 0.25) is 0 Å². The average molecular weight is 449 g/mol. The first-order valence-corrected chi connectivity index (χ1v) is 12.1. The first-order chi connectivity index (χ1) is 11.7. The van der Waals surface area contributed by atoms with Crippen LogP contribution < -0.4 is 23.2 Å². The number of hydrogen-bond acceptors (Lipinski definition) is 4.